The van der Waals surface area contributed by atoms with Gasteiger partial charge in [0.2, 0.25) is 5.91 Å². The molecule has 1 aliphatic rings. The summed E-state index contributed by atoms with van der Waals surface area (Å²) in [6.45, 7) is 3.56. The summed E-state index contributed by atoms with van der Waals surface area (Å²) in [5, 5.41) is 3.17. The number of nitrogens with one attached hydrogen (secondary N) is 1. The van der Waals surface area contributed by atoms with Crippen LogP contribution in [0.1, 0.15) is 24.9 Å². The molecule has 1 heterocycles. The van der Waals surface area contributed by atoms with E-state index in [1.807, 2.05) is 55.5 Å². The van der Waals surface area contributed by atoms with Crippen molar-refractivity contribution in [3.05, 3.63) is 60.2 Å². The van der Waals surface area contributed by atoms with E-state index in [4.69, 9.17) is 10.5 Å². The van der Waals surface area contributed by atoms with E-state index in [0.29, 0.717) is 0 Å². The highest BCUT2D eigenvalue weighted by atomic mass is 16.5. The number of hydrogen-bond donors (Lipinski definition) is 2. The molecule has 3 unspecified atom stereocenters. The zero-order chi connectivity index (χ0) is 18.5. The Balaban J connectivity index is 1.59. The Morgan fingerprint density at radius 1 is 1.19 bits per heavy atom. The summed E-state index contributed by atoms with van der Waals surface area (Å²) >= 11 is 0. The molecular formula is C21H27N3O2. The Morgan fingerprint density at radius 3 is 2.62 bits per heavy atom. The number of ether oxygens (including phenoxy) is 1. The fraction of sp³-hybridized carbons (Fsp3) is 0.381. The van der Waals surface area contributed by atoms with Gasteiger partial charge in [-0.2, -0.15) is 0 Å². The van der Waals surface area contributed by atoms with Gasteiger partial charge in [0, 0.05) is 25.2 Å². The van der Waals surface area contributed by atoms with Gasteiger partial charge in [-0.1, -0.05) is 49.4 Å². The number of nitrogens with two attached hydrogens (primary N) is 1. The minimum Gasteiger partial charge on any atom is -0.495 e. The van der Waals surface area contributed by atoms with E-state index < -0.39 is 0 Å². The van der Waals surface area contributed by atoms with E-state index in [0.717, 1.165) is 36.5 Å². The van der Waals surface area contributed by atoms with Crippen LogP contribution in [0, 0.1) is 5.92 Å². The zero-order valence-corrected chi connectivity index (χ0v) is 15.4. The molecule has 3 atom stereocenters. The average molecular weight is 353 g/mol. The third-order valence-electron chi connectivity index (χ3n) is 5.10. The Kier molecular flexibility index (Phi) is 5.78. The van der Waals surface area contributed by atoms with Crippen LogP contribution in [0.2, 0.25) is 0 Å². The maximum absolute atomic E-state index is 12.6. The van der Waals surface area contributed by atoms with Gasteiger partial charge in [-0.15, -0.1) is 0 Å². The fourth-order valence-corrected chi connectivity index (χ4v) is 3.45. The first-order valence-electron chi connectivity index (χ1n) is 9.09. The molecule has 1 fully saturated rings. The van der Waals surface area contributed by atoms with Gasteiger partial charge in [-0.05, 0) is 24.1 Å². The van der Waals surface area contributed by atoms with Crippen LogP contribution < -0.4 is 20.7 Å². The number of anilines is 1. The number of rotatable bonds is 6. The SMILES string of the molecule is COc1ccccc1N1CCC(NC(=O)C(C)C(N)c2ccccc2)C1. The molecule has 2 aromatic rings. The highest BCUT2D eigenvalue weighted by Gasteiger charge is 2.29. The third-order valence-corrected chi connectivity index (χ3v) is 5.10. The molecule has 3 rings (SSSR count). The van der Waals surface area contributed by atoms with Crippen LogP contribution in [0.15, 0.2) is 54.6 Å². The second-order valence-corrected chi connectivity index (χ2v) is 6.84. The van der Waals surface area contributed by atoms with Crippen molar-refractivity contribution in [2.75, 3.05) is 25.1 Å². The molecule has 1 saturated heterocycles. The summed E-state index contributed by atoms with van der Waals surface area (Å²) in [6, 6.07) is 17.6. The number of amides is 1. The molecule has 0 aromatic heterocycles. The predicted octanol–water partition coefficient (Wildman–Crippen LogP) is 2.73. The van der Waals surface area contributed by atoms with E-state index >= 15 is 0 Å². The second kappa shape index (κ2) is 8.23. The van der Waals surface area contributed by atoms with Crippen LogP contribution in [-0.4, -0.2) is 32.1 Å². The van der Waals surface area contributed by atoms with E-state index in [-0.39, 0.29) is 23.9 Å². The Morgan fingerprint density at radius 2 is 1.88 bits per heavy atom. The standard InChI is InChI=1S/C21H27N3O2/c1-15(20(22)16-8-4-3-5-9-16)21(25)23-17-12-13-24(14-17)18-10-6-7-11-19(18)26-2/h3-11,15,17,20H,12-14,22H2,1-2H3,(H,23,25). The lowest BCUT2D eigenvalue weighted by Crippen LogP contribution is -2.42. The molecule has 3 N–H and O–H groups in total. The molecule has 5 nitrogen and oxygen atoms in total. The van der Waals surface area contributed by atoms with Crippen LogP contribution >= 0.6 is 0 Å². The Hall–Kier alpha value is -2.53. The van der Waals surface area contributed by atoms with Crippen molar-refractivity contribution in [1.82, 2.24) is 5.32 Å². The van der Waals surface area contributed by atoms with Crippen molar-refractivity contribution in [1.29, 1.82) is 0 Å². The molecule has 26 heavy (non-hydrogen) atoms. The maximum Gasteiger partial charge on any atom is 0.225 e. The van der Waals surface area contributed by atoms with Crippen LogP contribution in [0.5, 0.6) is 5.75 Å². The second-order valence-electron chi connectivity index (χ2n) is 6.84. The number of benzene rings is 2. The van der Waals surface area contributed by atoms with Crippen molar-refractivity contribution in [2.45, 2.75) is 25.4 Å². The third kappa shape index (κ3) is 3.99. The number of methoxy groups -OCH3 is 1. The summed E-state index contributed by atoms with van der Waals surface area (Å²) in [4.78, 5) is 14.9. The molecule has 5 heteroatoms. The monoisotopic (exact) mass is 353 g/mol. The largest absolute Gasteiger partial charge is 0.495 e. The topological polar surface area (TPSA) is 67.6 Å². The number of nitrogens with zero attached hydrogens (tertiary/aromatic N) is 1. The van der Waals surface area contributed by atoms with Gasteiger partial charge in [-0.25, -0.2) is 0 Å². The number of para-hydroxylation sites is 2. The molecule has 0 bridgehead atoms. The molecule has 0 spiro atoms. The summed E-state index contributed by atoms with van der Waals surface area (Å²) < 4.78 is 5.45. The van der Waals surface area contributed by atoms with Crippen LogP contribution in [0.3, 0.4) is 0 Å². The smallest absolute Gasteiger partial charge is 0.225 e. The van der Waals surface area contributed by atoms with Gasteiger partial charge in [-0.3, -0.25) is 4.79 Å². The summed E-state index contributed by atoms with van der Waals surface area (Å²) in [6.07, 6.45) is 0.914. The molecular weight excluding hydrogens is 326 g/mol. The van der Waals surface area contributed by atoms with Gasteiger partial charge in [0.1, 0.15) is 5.75 Å². The van der Waals surface area contributed by atoms with Gasteiger partial charge in [0.15, 0.2) is 0 Å². The molecule has 0 aliphatic carbocycles. The van der Waals surface area contributed by atoms with E-state index in [1.54, 1.807) is 7.11 Å². The predicted molar refractivity (Wildman–Crippen MR) is 104 cm³/mol. The summed E-state index contributed by atoms with van der Waals surface area (Å²) in [5.74, 6) is 0.588. The molecule has 1 amide bonds. The van der Waals surface area contributed by atoms with Crippen LogP contribution in [0.4, 0.5) is 5.69 Å². The van der Waals surface area contributed by atoms with Gasteiger partial charge < -0.3 is 20.7 Å². The molecule has 2 aromatic carbocycles. The first kappa shape index (κ1) is 18.3. The number of carbonyl (C=O) groups excluding carboxylic acids is 1. The lowest BCUT2D eigenvalue weighted by Gasteiger charge is -2.23. The lowest BCUT2D eigenvalue weighted by atomic mass is 9.94. The summed E-state index contributed by atoms with van der Waals surface area (Å²) in [5.41, 5.74) is 8.34. The van der Waals surface area contributed by atoms with Gasteiger partial charge in [0.05, 0.1) is 18.7 Å². The lowest BCUT2D eigenvalue weighted by molar-refractivity contribution is -0.125. The highest BCUT2D eigenvalue weighted by Crippen LogP contribution is 2.30. The van der Waals surface area contributed by atoms with Gasteiger partial charge in [0.25, 0.3) is 0 Å². The number of hydrogen-bond acceptors (Lipinski definition) is 4. The van der Waals surface area contributed by atoms with Crippen molar-refractivity contribution in [3.63, 3.8) is 0 Å². The molecule has 138 valence electrons. The maximum atomic E-state index is 12.6. The van der Waals surface area contributed by atoms with E-state index in [2.05, 4.69) is 16.3 Å². The van der Waals surface area contributed by atoms with E-state index in [1.165, 1.54) is 0 Å². The quantitative estimate of drug-likeness (QED) is 0.838. The fourth-order valence-electron chi connectivity index (χ4n) is 3.45. The first-order valence-corrected chi connectivity index (χ1v) is 9.09. The summed E-state index contributed by atoms with van der Waals surface area (Å²) in [7, 11) is 1.68. The van der Waals surface area contributed by atoms with Crippen molar-refractivity contribution in [2.24, 2.45) is 11.7 Å². The normalized spacial score (nSPS) is 19.0. The highest BCUT2D eigenvalue weighted by molar-refractivity contribution is 5.79. The van der Waals surface area contributed by atoms with Gasteiger partial charge >= 0.3 is 0 Å². The Bertz CT molecular complexity index is 735. The molecule has 0 saturated carbocycles. The molecule has 0 radical (unpaired) electrons. The van der Waals surface area contributed by atoms with Crippen molar-refractivity contribution in [3.8, 4) is 5.75 Å². The van der Waals surface area contributed by atoms with Crippen LogP contribution in [0.25, 0.3) is 0 Å². The Labute approximate surface area is 155 Å². The minimum absolute atomic E-state index is 0.00762. The van der Waals surface area contributed by atoms with Crippen LogP contribution in [-0.2, 0) is 4.79 Å². The first-order chi connectivity index (χ1) is 12.6. The average Bonchev–Trinajstić information content (AvgIpc) is 3.15. The minimum atomic E-state index is -0.303. The zero-order valence-electron chi connectivity index (χ0n) is 15.4. The number of carbonyl (C=O) groups is 1. The van der Waals surface area contributed by atoms with Crippen molar-refractivity contribution >= 4 is 11.6 Å². The van der Waals surface area contributed by atoms with Crippen molar-refractivity contribution < 1.29 is 9.53 Å². The van der Waals surface area contributed by atoms with E-state index in [9.17, 15) is 4.79 Å². The molecule has 1 aliphatic heterocycles.